The highest BCUT2D eigenvalue weighted by Gasteiger charge is 2.16. The molecule has 0 aromatic rings. The standard InChI is InChI=1S/C6H13N3O3/c1-2-12-4-5(8-9-7)6(11)3-10/h5-6,10-11H,2-4H2,1H3. The summed E-state index contributed by atoms with van der Waals surface area (Å²) < 4.78 is 4.94. The monoisotopic (exact) mass is 175 g/mol. The molecule has 0 saturated heterocycles. The fourth-order valence-electron chi connectivity index (χ4n) is 0.648. The lowest BCUT2D eigenvalue weighted by Gasteiger charge is -2.15. The van der Waals surface area contributed by atoms with E-state index in [2.05, 4.69) is 10.0 Å². The van der Waals surface area contributed by atoms with Crippen LogP contribution < -0.4 is 0 Å². The summed E-state index contributed by atoms with van der Waals surface area (Å²) in [6, 6.07) is -0.708. The highest BCUT2D eigenvalue weighted by atomic mass is 16.5. The van der Waals surface area contributed by atoms with E-state index in [1.54, 1.807) is 6.92 Å². The van der Waals surface area contributed by atoms with Gasteiger partial charge in [0.25, 0.3) is 0 Å². The minimum Gasteiger partial charge on any atom is -0.394 e. The van der Waals surface area contributed by atoms with E-state index in [1.165, 1.54) is 0 Å². The molecule has 0 rings (SSSR count). The molecule has 0 saturated carbocycles. The first-order valence-corrected chi connectivity index (χ1v) is 3.67. The zero-order chi connectivity index (χ0) is 9.40. The SMILES string of the molecule is CCOCC(N=[N+]=[N-])C(O)CO. The van der Waals surface area contributed by atoms with Crippen LogP contribution in [-0.2, 0) is 4.74 Å². The summed E-state index contributed by atoms with van der Waals surface area (Å²) in [6.07, 6.45) is -1.05. The van der Waals surface area contributed by atoms with Gasteiger partial charge in [0.1, 0.15) is 0 Å². The molecule has 2 N–H and O–H groups in total. The lowest BCUT2D eigenvalue weighted by atomic mass is 10.2. The average molecular weight is 175 g/mol. The summed E-state index contributed by atoms with van der Waals surface area (Å²) in [5.41, 5.74) is 8.09. The second-order valence-corrected chi connectivity index (χ2v) is 2.18. The fourth-order valence-corrected chi connectivity index (χ4v) is 0.648. The van der Waals surface area contributed by atoms with Crippen LogP contribution in [0.1, 0.15) is 6.92 Å². The van der Waals surface area contributed by atoms with Crippen molar-refractivity contribution in [2.45, 2.75) is 19.1 Å². The largest absolute Gasteiger partial charge is 0.394 e. The van der Waals surface area contributed by atoms with Crippen LogP contribution in [0.25, 0.3) is 10.4 Å². The summed E-state index contributed by atoms with van der Waals surface area (Å²) >= 11 is 0. The maximum atomic E-state index is 9.08. The topological polar surface area (TPSA) is 98.5 Å². The molecule has 6 nitrogen and oxygen atoms in total. The molecular weight excluding hydrogens is 162 g/mol. The van der Waals surface area contributed by atoms with Crippen molar-refractivity contribution in [2.75, 3.05) is 19.8 Å². The molecule has 6 heteroatoms. The van der Waals surface area contributed by atoms with Gasteiger partial charge in [-0.25, -0.2) is 0 Å². The van der Waals surface area contributed by atoms with E-state index in [0.29, 0.717) is 6.61 Å². The Bertz CT molecular complexity index is 158. The fraction of sp³-hybridized carbons (Fsp3) is 1.00. The van der Waals surface area contributed by atoms with Gasteiger partial charge in [0.2, 0.25) is 0 Å². The molecule has 0 heterocycles. The maximum Gasteiger partial charge on any atom is 0.0889 e. The predicted molar refractivity (Wildman–Crippen MR) is 42.5 cm³/mol. The zero-order valence-electron chi connectivity index (χ0n) is 6.92. The molecule has 2 unspecified atom stereocenters. The van der Waals surface area contributed by atoms with E-state index in [4.69, 9.17) is 20.5 Å². The van der Waals surface area contributed by atoms with Crippen molar-refractivity contribution >= 4 is 0 Å². The second-order valence-electron chi connectivity index (χ2n) is 2.18. The van der Waals surface area contributed by atoms with Crippen LogP contribution >= 0.6 is 0 Å². The third kappa shape index (κ3) is 4.15. The van der Waals surface area contributed by atoms with Crippen LogP contribution in [0.2, 0.25) is 0 Å². The van der Waals surface area contributed by atoms with Gasteiger partial charge >= 0.3 is 0 Å². The van der Waals surface area contributed by atoms with E-state index in [-0.39, 0.29) is 6.61 Å². The highest BCUT2D eigenvalue weighted by molar-refractivity contribution is 4.74. The van der Waals surface area contributed by atoms with Crippen LogP contribution in [0.15, 0.2) is 5.11 Å². The molecule has 0 bridgehead atoms. The Morgan fingerprint density at radius 3 is 2.75 bits per heavy atom. The van der Waals surface area contributed by atoms with Crippen LogP contribution in [0.3, 0.4) is 0 Å². The van der Waals surface area contributed by atoms with Crippen molar-refractivity contribution in [3.63, 3.8) is 0 Å². The molecule has 70 valence electrons. The predicted octanol–water partition coefficient (Wildman–Crippen LogP) is 0.0550. The van der Waals surface area contributed by atoms with Crippen molar-refractivity contribution < 1.29 is 14.9 Å². The van der Waals surface area contributed by atoms with Crippen LogP contribution in [0.5, 0.6) is 0 Å². The zero-order valence-corrected chi connectivity index (χ0v) is 6.92. The van der Waals surface area contributed by atoms with E-state index in [9.17, 15) is 0 Å². The van der Waals surface area contributed by atoms with Crippen LogP contribution in [-0.4, -0.2) is 42.2 Å². The van der Waals surface area contributed by atoms with Gasteiger partial charge in [0.05, 0.1) is 25.4 Å². The van der Waals surface area contributed by atoms with E-state index < -0.39 is 18.8 Å². The molecule has 0 fully saturated rings. The quantitative estimate of drug-likeness (QED) is 0.339. The van der Waals surface area contributed by atoms with Gasteiger partial charge in [-0.05, 0) is 12.5 Å². The number of hydrogen-bond donors (Lipinski definition) is 2. The minimum atomic E-state index is -1.05. The Labute approximate surface area is 70.4 Å². The number of aliphatic hydroxyl groups is 2. The molecule has 0 amide bonds. The van der Waals surface area contributed by atoms with Gasteiger partial charge in [-0.1, -0.05) is 5.11 Å². The number of nitrogens with zero attached hydrogens (tertiary/aromatic N) is 3. The average Bonchev–Trinajstić information content (AvgIpc) is 2.11. The molecule has 0 aliphatic carbocycles. The molecule has 0 aromatic carbocycles. The van der Waals surface area contributed by atoms with Crippen molar-refractivity contribution in [3.8, 4) is 0 Å². The van der Waals surface area contributed by atoms with Gasteiger partial charge in [-0.3, -0.25) is 0 Å². The first-order chi connectivity index (χ1) is 5.76. The lowest BCUT2D eigenvalue weighted by Crippen LogP contribution is -2.31. The summed E-state index contributed by atoms with van der Waals surface area (Å²) in [5, 5.41) is 20.9. The van der Waals surface area contributed by atoms with Crippen molar-refractivity contribution in [3.05, 3.63) is 10.4 Å². The third-order valence-electron chi connectivity index (χ3n) is 1.32. The third-order valence-corrected chi connectivity index (χ3v) is 1.32. The minimum absolute atomic E-state index is 0.127. The smallest absolute Gasteiger partial charge is 0.0889 e. The molecule has 12 heavy (non-hydrogen) atoms. The number of azide groups is 1. The van der Waals surface area contributed by atoms with Crippen molar-refractivity contribution in [1.29, 1.82) is 0 Å². The Balaban J connectivity index is 3.93. The molecular formula is C6H13N3O3. The van der Waals surface area contributed by atoms with Gasteiger partial charge in [-0.15, -0.1) is 0 Å². The highest BCUT2D eigenvalue weighted by Crippen LogP contribution is 2.00. The van der Waals surface area contributed by atoms with Crippen LogP contribution in [0, 0.1) is 0 Å². The molecule has 0 aliphatic heterocycles. The van der Waals surface area contributed by atoms with E-state index in [0.717, 1.165) is 0 Å². The van der Waals surface area contributed by atoms with Gasteiger partial charge in [0, 0.05) is 11.5 Å². The van der Waals surface area contributed by atoms with Gasteiger partial charge in [-0.2, -0.15) is 0 Å². The maximum absolute atomic E-state index is 9.08. The Morgan fingerprint density at radius 1 is 1.67 bits per heavy atom. The number of hydrogen-bond acceptors (Lipinski definition) is 4. The Hall–Kier alpha value is -0.810. The molecule has 0 spiro atoms. The number of aliphatic hydroxyl groups excluding tert-OH is 2. The van der Waals surface area contributed by atoms with Gasteiger partial charge in [0.15, 0.2) is 0 Å². The molecule has 0 aliphatic rings. The molecule has 0 radical (unpaired) electrons. The summed E-state index contributed by atoms with van der Waals surface area (Å²) in [5.74, 6) is 0. The second kappa shape index (κ2) is 6.87. The summed E-state index contributed by atoms with van der Waals surface area (Å²) in [6.45, 7) is 1.97. The summed E-state index contributed by atoms with van der Waals surface area (Å²) in [7, 11) is 0. The van der Waals surface area contributed by atoms with Crippen molar-refractivity contribution in [2.24, 2.45) is 5.11 Å². The summed E-state index contributed by atoms with van der Waals surface area (Å²) in [4.78, 5) is 2.53. The molecule has 0 aromatic heterocycles. The first kappa shape index (κ1) is 11.2. The Morgan fingerprint density at radius 2 is 2.33 bits per heavy atom. The number of rotatable bonds is 6. The van der Waals surface area contributed by atoms with E-state index in [1.807, 2.05) is 0 Å². The van der Waals surface area contributed by atoms with Gasteiger partial charge < -0.3 is 14.9 Å². The van der Waals surface area contributed by atoms with Crippen molar-refractivity contribution in [1.82, 2.24) is 0 Å². The Kier molecular flexibility index (Phi) is 6.41. The lowest BCUT2D eigenvalue weighted by molar-refractivity contribution is 0.0345. The number of ether oxygens (including phenoxy) is 1. The van der Waals surface area contributed by atoms with E-state index >= 15 is 0 Å². The first-order valence-electron chi connectivity index (χ1n) is 3.67. The van der Waals surface area contributed by atoms with Crippen LogP contribution in [0.4, 0.5) is 0 Å². The molecule has 2 atom stereocenters. The normalized spacial score (nSPS) is 14.9.